The molecule has 0 heterocycles. The predicted molar refractivity (Wildman–Crippen MR) is 110 cm³/mol. The Labute approximate surface area is 167 Å². The molecular weight excluding hydrogens is 416 g/mol. The van der Waals surface area contributed by atoms with Gasteiger partial charge in [0.25, 0.3) is 5.91 Å². The van der Waals surface area contributed by atoms with Crippen LogP contribution in [0.1, 0.15) is 38.8 Å². The van der Waals surface area contributed by atoms with Gasteiger partial charge in [0.2, 0.25) is 0 Å². The Balaban J connectivity index is 1.92. The summed E-state index contributed by atoms with van der Waals surface area (Å²) < 4.78 is 6.39. The Morgan fingerprint density at radius 3 is 2.42 bits per heavy atom. The van der Waals surface area contributed by atoms with Gasteiger partial charge in [0.05, 0.1) is 10.2 Å². The first-order chi connectivity index (χ1) is 12.2. The fourth-order valence-corrected chi connectivity index (χ4v) is 2.78. The molecule has 0 atom stereocenters. The van der Waals surface area contributed by atoms with Gasteiger partial charge in [0.15, 0.2) is 6.61 Å². The molecule has 26 heavy (non-hydrogen) atoms. The van der Waals surface area contributed by atoms with E-state index < -0.39 is 0 Å². The minimum absolute atomic E-state index is 0.0479. The highest BCUT2D eigenvalue weighted by Gasteiger charge is 2.15. The number of ether oxygens (including phenoxy) is 1. The largest absolute Gasteiger partial charge is 0.483 e. The standard InChI is InChI=1S/C20H22BrClN2O2/c1-13(14-5-8-16(22)9-6-14)23-24-19(25)12-26-18-10-7-15(11-17(18)21)20(2,3)4/h5-11H,12H2,1-4H3,(H,24,25)/b23-13-. The van der Waals surface area contributed by atoms with Gasteiger partial charge in [-0.05, 0) is 63.7 Å². The lowest BCUT2D eigenvalue weighted by Crippen LogP contribution is -2.25. The normalized spacial score (nSPS) is 12.0. The monoisotopic (exact) mass is 436 g/mol. The van der Waals surface area contributed by atoms with Gasteiger partial charge in [-0.3, -0.25) is 4.79 Å². The fourth-order valence-electron chi connectivity index (χ4n) is 2.16. The quantitative estimate of drug-likeness (QED) is 0.508. The van der Waals surface area contributed by atoms with Crippen LogP contribution >= 0.6 is 27.5 Å². The Hall–Kier alpha value is -1.85. The van der Waals surface area contributed by atoms with Crippen molar-refractivity contribution in [3.63, 3.8) is 0 Å². The van der Waals surface area contributed by atoms with Crippen LogP contribution in [0.3, 0.4) is 0 Å². The molecule has 6 heteroatoms. The molecule has 0 spiro atoms. The van der Waals surface area contributed by atoms with E-state index in [2.05, 4.69) is 47.2 Å². The van der Waals surface area contributed by atoms with Gasteiger partial charge in [-0.2, -0.15) is 5.10 Å². The number of hydrogen-bond acceptors (Lipinski definition) is 3. The lowest BCUT2D eigenvalue weighted by Gasteiger charge is -2.20. The molecule has 0 aliphatic rings. The van der Waals surface area contributed by atoms with Crippen molar-refractivity contribution in [2.24, 2.45) is 5.10 Å². The van der Waals surface area contributed by atoms with Crippen molar-refractivity contribution in [2.45, 2.75) is 33.1 Å². The molecule has 0 aliphatic carbocycles. The molecule has 0 fully saturated rings. The van der Waals surface area contributed by atoms with Crippen molar-refractivity contribution in [3.8, 4) is 5.75 Å². The highest BCUT2D eigenvalue weighted by molar-refractivity contribution is 9.10. The molecule has 0 saturated carbocycles. The van der Waals surface area contributed by atoms with Gasteiger partial charge in [0.1, 0.15) is 5.75 Å². The maximum atomic E-state index is 12.0. The summed E-state index contributed by atoms with van der Waals surface area (Å²) in [6.45, 7) is 8.12. The second-order valence-corrected chi connectivity index (χ2v) is 8.21. The van der Waals surface area contributed by atoms with E-state index in [9.17, 15) is 4.79 Å². The van der Waals surface area contributed by atoms with Gasteiger partial charge in [-0.25, -0.2) is 5.43 Å². The molecular formula is C20H22BrClN2O2. The summed E-state index contributed by atoms with van der Waals surface area (Å²) in [5, 5.41) is 4.74. The van der Waals surface area contributed by atoms with Crippen molar-refractivity contribution < 1.29 is 9.53 Å². The molecule has 0 aromatic heterocycles. The van der Waals surface area contributed by atoms with E-state index in [4.69, 9.17) is 16.3 Å². The zero-order valence-corrected chi connectivity index (χ0v) is 17.6. The van der Waals surface area contributed by atoms with Crippen LogP contribution in [-0.2, 0) is 10.2 Å². The van der Waals surface area contributed by atoms with Crippen LogP contribution in [-0.4, -0.2) is 18.2 Å². The van der Waals surface area contributed by atoms with Gasteiger partial charge in [0, 0.05) is 5.02 Å². The molecule has 0 unspecified atom stereocenters. The predicted octanol–water partition coefficient (Wildman–Crippen LogP) is 5.32. The summed E-state index contributed by atoms with van der Waals surface area (Å²) in [4.78, 5) is 12.0. The van der Waals surface area contributed by atoms with Gasteiger partial charge < -0.3 is 4.74 Å². The number of benzene rings is 2. The Morgan fingerprint density at radius 2 is 1.85 bits per heavy atom. The summed E-state index contributed by atoms with van der Waals surface area (Å²) in [5.41, 5.74) is 5.30. The second kappa shape index (κ2) is 8.69. The number of nitrogens with one attached hydrogen (secondary N) is 1. The third-order valence-electron chi connectivity index (χ3n) is 3.77. The number of hydrogen-bond donors (Lipinski definition) is 1. The molecule has 2 aromatic rings. The van der Waals surface area contributed by atoms with Crippen LogP contribution in [0.15, 0.2) is 52.0 Å². The second-order valence-electron chi connectivity index (χ2n) is 6.92. The Kier molecular flexibility index (Phi) is 6.84. The zero-order valence-electron chi connectivity index (χ0n) is 15.3. The average Bonchev–Trinajstić information content (AvgIpc) is 2.58. The fraction of sp³-hybridized carbons (Fsp3) is 0.300. The molecule has 0 bridgehead atoms. The molecule has 4 nitrogen and oxygen atoms in total. The molecule has 2 aromatic carbocycles. The molecule has 1 N–H and O–H groups in total. The molecule has 2 rings (SSSR count). The lowest BCUT2D eigenvalue weighted by atomic mass is 9.87. The molecule has 138 valence electrons. The average molecular weight is 438 g/mol. The zero-order chi connectivity index (χ0) is 19.3. The van der Waals surface area contributed by atoms with Gasteiger partial charge in [-0.15, -0.1) is 0 Å². The third-order valence-corrected chi connectivity index (χ3v) is 4.64. The lowest BCUT2D eigenvalue weighted by molar-refractivity contribution is -0.123. The highest BCUT2D eigenvalue weighted by Crippen LogP contribution is 2.31. The molecule has 0 radical (unpaired) electrons. The molecule has 1 amide bonds. The van der Waals surface area contributed by atoms with Crippen molar-refractivity contribution in [3.05, 3.63) is 63.1 Å². The van der Waals surface area contributed by atoms with E-state index in [1.807, 2.05) is 37.3 Å². The molecule has 0 aliphatic heterocycles. The summed E-state index contributed by atoms with van der Waals surface area (Å²) in [5.74, 6) is 0.289. The number of halogens is 2. The number of nitrogens with zero attached hydrogens (tertiary/aromatic N) is 1. The van der Waals surface area contributed by atoms with Crippen LogP contribution in [0.25, 0.3) is 0 Å². The van der Waals surface area contributed by atoms with Crippen molar-refractivity contribution in [1.29, 1.82) is 0 Å². The first-order valence-electron chi connectivity index (χ1n) is 8.19. The van der Waals surface area contributed by atoms with Crippen LogP contribution in [0, 0.1) is 0 Å². The van der Waals surface area contributed by atoms with E-state index in [0.717, 1.165) is 10.0 Å². The van der Waals surface area contributed by atoms with Crippen molar-refractivity contribution >= 4 is 39.1 Å². The van der Waals surface area contributed by atoms with Crippen molar-refractivity contribution in [1.82, 2.24) is 5.43 Å². The SMILES string of the molecule is C/C(=N/NC(=O)COc1ccc(C(C)(C)C)cc1Br)c1ccc(Cl)cc1. The minimum atomic E-state index is -0.329. The summed E-state index contributed by atoms with van der Waals surface area (Å²) in [7, 11) is 0. The van der Waals surface area contributed by atoms with Crippen LogP contribution in [0.2, 0.25) is 5.02 Å². The number of amides is 1. The Bertz CT molecular complexity index is 812. The van der Waals surface area contributed by atoms with E-state index in [-0.39, 0.29) is 17.9 Å². The maximum Gasteiger partial charge on any atom is 0.277 e. The minimum Gasteiger partial charge on any atom is -0.483 e. The Morgan fingerprint density at radius 1 is 1.19 bits per heavy atom. The number of rotatable bonds is 5. The van der Waals surface area contributed by atoms with Crippen molar-refractivity contribution in [2.75, 3.05) is 6.61 Å². The van der Waals surface area contributed by atoms with Crippen LogP contribution < -0.4 is 10.2 Å². The summed E-state index contributed by atoms with van der Waals surface area (Å²) >= 11 is 9.35. The number of hydrazone groups is 1. The summed E-state index contributed by atoms with van der Waals surface area (Å²) in [6, 6.07) is 13.1. The topological polar surface area (TPSA) is 50.7 Å². The van der Waals surface area contributed by atoms with Gasteiger partial charge in [-0.1, -0.05) is 50.6 Å². The van der Waals surface area contributed by atoms with Gasteiger partial charge >= 0.3 is 0 Å². The van der Waals surface area contributed by atoms with E-state index in [0.29, 0.717) is 16.5 Å². The van der Waals surface area contributed by atoms with E-state index in [1.165, 1.54) is 5.56 Å². The molecule has 0 saturated heterocycles. The maximum absolute atomic E-state index is 12.0. The summed E-state index contributed by atoms with van der Waals surface area (Å²) in [6.07, 6.45) is 0. The number of carbonyl (C=O) groups excluding carboxylic acids is 1. The first kappa shape index (κ1) is 20.5. The number of carbonyl (C=O) groups is 1. The highest BCUT2D eigenvalue weighted by atomic mass is 79.9. The van der Waals surface area contributed by atoms with E-state index >= 15 is 0 Å². The van der Waals surface area contributed by atoms with E-state index in [1.54, 1.807) is 12.1 Å². The first-order valence-corrected chi connectivity index (χ1v) is 9.36. The van der Waals surface area contributed by atoms with Crippen LogP contribution in [0.4, 0.5) is 0 Å². The van der Waals surface area contributed by atoms with Crippen LogP contribution in [0.5, 0.6) is 5.75 Å². The smallest absolute Gasteiger partial charge is 0.277 e. The third kappa shape index (κ3) is 5.85.